The molecule has 162 valence electrons. The molecule has 3 rings (SSSR count). The Bertz CT molecular complexity index is 1010. The number of rotatable bonds is 8. The van der Waals surface area contributed by atoms with Crippen molar-refractivity contribution in [1.82, 2.24) is 9.97 Å². The zero-order chi connectivity index (χ0) is 22.0. The standard InChI is InChI=1S/C23H30N2O5/c1-5-7-9-30-16-11-13-10-14(12(3)4)17-20(19(13)24-15(16)8-6-2)25-22(27)18(21(17)26)23(28)29/h11-12,14H,5-10H2,1-4H3,(H,28,29)(H2,25,26,27). The summed E-state index contributed by atoms with van der Waals surface area (Å²) in [6, 6.07) is 2.00. The second-order valence-electron chi connectivity index (χ2n) is 8.22. The number of aromatic amines is 1. The van der Waals surface area contributed by atoms with E-state index in [9.17, 15) is 19.8 Å². The Morgan fingerprint density at radius 2 is 2.07 bits per heavy atom. The fraction of sp³-hybridized carbons (Fsp3) is 0.522. The molecular weight excluding hydrogens is 384 g/mol. The fourth-order valence-electron chi connectivity index (χ4n) is 4.07. The Kier molecular flexibility index (Phi) is 6.48. The summed E-state index contributed by atoms with van der Waals surface area (Å²) in [5.41, 5.74) is 1.78. The minimum atomic E-state index is -1.44. The Labute approximate surface area is 176 Å². The van der Waals surface area contributed by atoms with Crippen LogP contribution in [0, 0.1) is 5.92 Å². The van der Waals surface area contributed by atoms with Gasteiger partial charge in [0.2, 0.25) is 0 Å². The molecular formula is C23H30N2O5. The Balaban J connectivity index is 2.24. The van der Waals surface area contributed by atoms with Crippen molar-refractivity contribution in [2.45, 2.75) is 65.7 Å². The van der Waals surface area contributed by atoms with Crippen molar-refractivity contribution in [3.05, 3.63) is 38.8 Å². The number of carbonyl (C=O) groups is 1. The SMILES string of the molecule is CCCCOc1cc2c(nc1CCC)-c1[nH]c(=O)c(C(=O)O)c(O)c1C(C(C)C)C2. The van der Waals surface area contributed by atoms with Crippen LogP contribution in [0.2, 0.25) is 0 Å². The highest BCUT2D eigenvalue weighted by Crippen LogP contribution is 2.46. The minimum Gasteiger partial charge on any atom is -0.506 e. The molecule has 7 heteroatoms. The van der Waals surface area contributed by atoms with Gasteiger partial charge in [-0.05, 0) is 42.7 Å². The first kappa shape index (κ1) is 21.9. The van der Waals surface area contributed by atoms with Gasteiger partial charge in [0.15, 0.2) is 5.56 Å². The van der Waals surface area contributed by atoms with Crippen molar-refractivity contribution in [1.29, 1.82) is 0 Å². The summed E-state index contributed by atoms with van der Waals surface area (Å²) >= 11 is 0. The number of nitrogens with one attached hydrogen (secondary N) is 1. The molecule has 0 amide bonds. The van der Waals surface area contributed by atoms with E-state index in [1.807, 2.05) is 19.9 Å². The first-order valence-electron chi connectivity index (χ1n) is 10.7. The lowest BCUT2D eigenvalue weighted by molar-refractivity contribution is 0.0691. The summed E-state index contributed by atoms with van der Waals surface area (Å²) in [6.07, 6.45) is 4.19. The third-order valence-electron chi connectivity index (χ3n) is 5.68. The van der Waals surface area contributed by atoms with E-state index in [1.165, 1.54) is 0 Å². The van der Waals surface area contributed by atoms with Gasteiger partial charge in [-0.3, -0.25) is 4.79 Å². The van der Waals surface area contributed by atoms with Gasteiger partial charge < -0.3 is 19.9 Å². The van der Waals surface area contributed by atoms with Gasteiger partial charge in [-0.15, -0.1) is 0 Å². The van der Waals surface area contributed by atoms with Crippen LogP contribution < -0.4 is 10.3 Å². The van der Waals surface area contributed by atoms with E-state index in [2.05, 4.69) is 18.8 Å². The summed E-state index contributed by atoms with van der Waals surface area (Å²) in [5.74, 6) is -1.15. The Morgan fingerprint density at radius 3 is 2.67 bits per heavy atom. The molecule has 0 saturated heterocycles. The third kappa shape index (κ3) is 3.93. The molecule has 0 radical (unpaired) electrons. The van der Waals surface area contributed by atoms with Gasteiger partial charge in [-0.25, -0.2) is 9.78 Å². The molecule has 0 aromatic carbocycles. The summed E-state index contributed by atoms with van der Waals surface area (Å²) in [7, 11) is 0. The summed E-state index contributed by atoms with van der Waals surface area (Å²) in [4.78, 5) is 31.5. The Hall–Kier alpha value is -2.83. The quantitative estimate of drug-likeness (QED) is 0.556. The molecule has 7 nitrogen and oxygen atoms in total. The average Bonchev–Trinajstić information content (AvgIpc) is 2.67. The van der Waals surface area contributed by atoms with E-state index < -0.39 is 22.8 Å². The summed E-state index contributed by atoms with van der Waals surface area (Å²) < 4.78 is 6.02. The van der Waals surface area contributed by atoms with Crippen LogP contribution in [0.3, 0.4) is 0 Å². The molecule has 30 heavy (non-hydrogen) atoms. The van der Waals surface area contributed by atoms with Gasteiger partial charge >= 0.3 is 5.97 Å². The number of ether oxygens (including phenoxy) is 1. The van der Waals surface area contributed by atoms with Gasteiger partial charge in [-0.2, -0.15) is 0 Å². The lowest BCUT2D eigenvalue weighted by Crippen LogP contribution is -2.26. The van der Waals surface area contributed by atoms with Crippen LogP contribution in [0.5, 0.6) is 11.5 Å². The number of aryl methyl sites for hydroxylation is 1. The maximum atomic E-state index is 12.4. The number of H-pyrrole nitrogens is 1. The molecule has 1 aliphatic carbocycles. The van der Waals surface area contributed by atoms with Crippen LogP contribution in [0.15, 0.2) is 10.9 Å². The molecule has 1 unspecified atom stereocenters. The van der Waals surface area contributed by atoms with Crippen molar-refractivity contribution in [2.75, 3.05) is 6.61 Å². The predicted octanol–water partition coefficient (Wildman–Crippen LogP) is 4.27. The number of aromatic carboxylic acids is 1. The van der Waals surface area contributed by atoms with E-state index in [0.717, 1.165) is 42.7 Å². The van der Waals surface area contributed by atoms with Crippen molar-refractivity contribution in [3.63, 3.8) is 0 Å². The van der Waals surface area contributed by atoms with Crippen molar-refractivity contribution in [3.8, 4) is 22.9 Å². The summed E-state index contributed by atoms with van der Waals surface area (Å²) in [5, 5.41) is 20.2. The topological polar surface area (TPSA) is 113 Å². The monoisotopic (exact) mass is 414 g/mol. The van der Waals surface area contributed by atoms with E-state index in [-0.39, 0.29) is 11.8 Å². The molecule has 0 saturated carbocycles. The van der Waals surface area contributed by atoms with E-state index in [0.29, 0.717) is 30.0 Å². The van der Waals surface area contributed by atoms with Crippen LogP contribution in [-0.2, 0) is 12.8 Å². The second kappa shape index (κ2) is 8.90. The molecule has 3 N–H and O–H groups in total. The fourth-order valence-corrected chi connectivity index (χ4v) is 4.07. The first-order chi connectivity index (χ1) is 14.3. The average molecular weight is 415 g/mol. The van der Waals surface area contributed by atoms with Crippen molar-refractivity contribution in [2.24, 2.45) is 5.92 Å². The Morgan fingerprint density at radius 1 is 1.33 bits per heavy atom. The molecule has 0 bridgehead atoms. The van der Waals surface area contributed by atoms with Crippen LogP contribution in [0.4, 0.5) is 0 Å². The number of carboxylic acid groups (broad SMARTS) is 1. The lowest BCUT2D eigenvalue weighted by atomic mass is 9.76. The normalized spacial score (nSPS) is 15.0. The lowest BCUT2D eigenvalue weighted by Gasteiger charge is -2.31. The van der Waals surface area contributed by atoms with Crippen molar-refractivity contribution < 1.29 is 19.7 Å². The molecule has 1 atom stereocenters. The van der Waals surface area contributed by atoms with Crippen molar-refractivity contribution >= 4 is 5.97 Å². The molecule has 2 heterocycles. The smallest absolute Gasteiger partial charge is 0.345 e. The highest BCUT2D eigenvalue weighted by molar-refractivity contribution is 5.92. The van der Waals surface area contributed by atoms with Crippen LogP contribution in [-0.4, -0.2) is 32.8 Å². The maximum Gasteiger partial charge on any atom is 0.345 e. The molecule has 0 spiro atoms. The number of nitrogens with zero attached hydrogens (tertiary/aromatic N) is 1. The largest absolute Gasteiger partial charge is 0.506 e. The van der Waals surface area contributed by atoms with E-state index in [4.69, 9.17) is 9.72 Å². The van der Waals surface area contributed by atoms with Gasteiger partial charge in [-0.1, -0.05) is 40.5 Å². The molecule has 2 aromatic rings. The number of aromatic nitrogens is 2. The van der Waals surface area contributed by atoms with E-state index in [1.54, 1.807) is 0 Å². The highest BCUT2D eigenvalue weighted by atomic mass is 16.5. The highest BCUT2D eigenvalue weighted by Gasteiger charge is 2.35. The molecule has 0 fully saturated rings. The number of unbranched alkanes of at least 4 members (excludes halogenated alkanes) is 1. The number of hydrogen-bond donors (Lipinski definition) is 3. The summed E-state index contributed by atoms with van der Waals surface area (Å²) in [6.45, 7) is 8.83. The maximum absolute atomic E-state index is 12.4. The number of pyridine rings is 2. The third-order valence-corrected chi connectivity index (χ3v) is 5.68. The van der Waals surface area contributed by atoms with Gasteiger partial charge in [0.25, 0.3) is 5.56 Å². The number of aromatic hydroxyl groups is 1. The second-order valence-corrected chi connectivity index (χ2v) is 8.22. The first-order valence-corrected chi connectivity index (χ1v) is 10.7. The van der Waals surface area contributed by atoms with Gasteiger partial charge in [0, 0.05) is 5.56 Å². The molecule has 0 aliphatic heterocycles. The van der Waals surface area contributed by atoms with Crippen LogP contribution in [0.1, 0.15) is 80.1 Å². The number of fused-ring (bicyclic) bond motifs is 3. The molecule has 1 aliphatic rings. The van der Waals surface area contributed by atoms with Crippen LogP contribution in [0.25, 0.3) is 11.4 Å². The van der Waals surface area contributed by atoms with Gasteiger partial charge in [0.1, 0.15) is 11.5 Å². The zero-order valence-electron chi connectivity index (χ0n) is 18.0. The predicted molar refractivity (Wildman–Crippen MR) is 115 cm³/mol. The van der Waals surface area contributed by atoms with Crippen LogP contribution >= 0.6 is 0 Å². The molecule has 2 aromatic heterocycles. The van der Waals surface area contributed by atoms with Gasteiger partial charge in [0.05, 0.1) is 23.7 Å². The number of carboxylic acids is 1. The van der Waals surface area contributed by atoms with E-state index >= 15 is 0 Å². The number of hydrogen-bond acceptors (Lipinski definition) is 5. The minimum absolute atomic E-state index is 0.120. The zero-order valence-corrected chi connectivity index (χ0v) is 18.0.